The van der Waals surface area contributed by atoms with Gasteiger partial charge < -0.3 is 14.6 Å². The van der Waals surface area contributed by atoms with Crippen molar-refractivity contribution in [2.75, 3.05) is 11.9 Å². The van der Waals surface area contributed by atoms with Crippen LogP contribution in [0, 0.1) is 17.5 Å². The van der Waals surface area contributed by atoms with Crippen molar-refractivity contribution in [3.63, 3.8) is 0 Å². The lowest BCUT2D eigenvalue weighted by atomic mass is 10.2. The molecule has 0 saturated heterocycles. The van der Waals surface area contributed by atoms with E-state index >= 15 is 0 Å². The fraction of sp³-hybridized carbons (Fsp3) is 0.286. The minimum atomic E-state index is -1.65. The van der Waals surface area contributed by atoms with Crippen LogP contribution in [0.2, 0.25) is 0 Å². The summed E-state index contributed by atoms with van der Waals surface area (Å²) in [7, 11) is 0. The van der Waals surface area contributed by atoms with Gasteiger partial charge in [-0.05, 0) is 51.1 Å². The van der Waals surface area contributed by atoms with E-state index in [0.29, 0.717) is 22.8 Å². The van der Waals surface area contributed by atoms with Gasteiger partial charge in [-0.3, -0.25) is 4.79 Å². The van der Waals surface area contributed by atoms with Crippen LogP contribution in [0.25, 0.3) is 11.0 Å². The Labute approximate surface area is 180 Å². The maximum atomic E-state index is 13.8. The Morgan fingerprint density at radius 1 is 1.16 bits per heavy atom. The predicted molar refractivity (Wildman–Crippen MR) is 112 cm³/mol. The molecule has 0 aliphatic carbocycles. The first-order chi connectivity index (χ1) is 14.8. The Balaban J connectivity index is 1.82. The lowest BCUT2D eigenvalue weighted by molar-refractivity contribution is -0.115. The van der Waals surface area contributed by atoms with E-state index in [0.717, 1.165) is 29.4 Å². The van der Waals surface area contributed by atoms with E-state index in [4.69, 9.17) is 4.74 Å². The van der Waals surface area contributed by atoms with Crippen molar-refractivity contribution in [2.45, 2.75) is 37.7 Å². The molecule has 0 fully saturated rings. The zero-order valence-electron chi connectivity index (χ0n) is 17.0. The van der Waals surface area contributed by atoms with E-state index in [1.54, 1.807) is 32.0 Å². The molecule has 0 radical (unpaired) electrons. The molecule has 0 aliphatic rings. The Kier molecular flexibility index (Phi) is 6.89. The summed E-state index contributed by atoms with van der Waals surface area (Å²) in [6.45, 7) is 6.03. The first kappa shape index (κ1) is 22.7. The van der Waals surface area contributed by atoms with Crippen molar-refractivity contribution in [3.8, 4) is 0 Å². The van der Waals surface area contributed by atoms with Gasteiger partial charge in [-0.1, -0.05) is 11.8 Å². The number of anilines is 1. The minimum absolute atomic E-state index is 0.256. The van der Waals surface area contributed by atoms with Crippen LogP contribution in [-0.2, 0) is 16.1 Å². The SMILES string of the molecule is CCOC(=O)c1ccc2c(c1)nc(SC(C)C(=O)Nc1ccc(F)c(F)c1F)n2CC. The molecular weight excluding hydrogens is 431 g/mol. The van der Waals surface area contributed by atoms with Crippen LogP contribution in [0.1, 0.15) is 31.1 Å². The quantitative estimate of drug-likeness (QED) is 0.318. The van der Waals surface area contributed by atoms with Crippen LogP contribution in [0.3, 0.4) is 0 Å². The maximum absolute atomic E-state index is 13.8. The van der Waals surface area contributed by atoms with Gasteiger partial charge in [0.25, 0.3) is 0 Å². The van der Waals surface area contributed by atoms with E-state index in [1.165, 1.54) is 0 Å². The highest BCUT2D eigenvalue weighted by molar-refractivity contribution is 8.00. The summed E-state index contributed by atoms with van der Waals surface area (Å²) in [6.07, 6.45) is 0. The second kappa shape index (κ2) is 9.42. The molecule has 1 amide bonds. The Bertz CT molecular complexity index is 1150. The summed E-state index contributed by atoms with van der Waals surface area (Å²) in [4.78, 5) is 29.0. The average molecular weight is 451 g/mol. The van der Waals surface area contributed by atoms with Crippen molar-refractivity contribution in [2.24, 2.45) is 0 Å². The average Bonchev–Trinajstić information content (AvgIpc) is 3.10. The fourth-order valence-corrected chi connectivity index (χ4v) is 3.90. The molecule has 0 saturated carbocycles. The highest BCUT2D eigenvalue weighted by Crippen LogP contribution is 2.29. The number of esters is 1. The van der Waals surface area contributed by atoms with Crippen LogP contribution in [0.4, 0.5) is 18.9 Å². The van der Waals surface area contributed by atoms with Gasteiger partial charge in [-0.15, -0.1) is 0 Å². The summed E-state index contributed by atoms with van der Waals surface area (Å²) in [5.74, 6) is -5.50. The number of imidazole rings is 1. The number of hydrogen-bond acceptors (Lipinski definition) is 5. The molecule has 0 bridgehead atoms. The van der Waals surface area contributed by atoms with Gasteiger partial charge in [0, 0.05) is 6.54 Å². The number of rotatable bonds is 7. The number of fused-ring (bicyclic) bond motifs is 1. The zero-order valence-corrected chi connectivity index (χ0v) is 17.9. The number of amides is 1. The van der Waals surface area contributed by atoms with Crippen LogP contribution < -0.4 is 5.32 Å². The summed E-state index contributed by atoms with van der Waals surface area (Å²) < 4.78 is 47.2. The van der Waals surface area contributed by atoms with Crippen LogP contribution in [-0.4, -0.2) is 33.3 Å². The molecule has 164 valence electrons. The number of thioether (sulfide) groups is 1. The first-order valence-electron chi connectivity index (χ1n) is 9.55. The number of carbonyl (C=O) groups is 2. The van der Waals surface area contributed by atoms with Crippen molar-refractivity contribution in [3.05, 3.63) is 53.3 Å². The summed E-state index contributed by atoms with van der Waals surface area (Å²) in [5, 5.41) is 2.07. The number of halogens is 3. The third-order valence-electron chi connectivity index (χ3n) is 4.49. The van der Waals surface area contributed by atoms with Crippen molar-refractivity contribution < 1.29 is 27.5 Å². The van der Waals surface area contributed by atoms with Crippen molar-refractivity contribution in [1.82, 2.24) is 9.55 Å². The molecule has 1 aromatic heterocycles. The van der Waals surface area contributed by atoms with Crippen LogP contribution >= 0.6 is 11.8 Å². The number of benzene rings is 2. The fourth-order valence-electron chi connectivity index (χ4n) is 2.91. The van der Waals surface area contributed by atoms with Crippen molar-refractivity contribution in [1.29, 1.82) is 0 Å². The summed E-state index contributed by atoms with van der Waals surface area (Å²) >= 11 is 1.12. The topological polar surface area (TPSA) is 73.2 Å². The number of aromatic nitrogens is 2. The molecule has 0 aliphatic heterocycles. The van der Waals surface area contributed by atoms with Crippen LogP contribution in [0.15, 0.2) is 35.5 Å². The van der Waals surface area contributed by atoms with Gasteiger partial charge in [0.2, 0.25) is 5.91 Å². The van der Waals surface area contributed by atoms with E-state index in [2.05, 4.69) is 10.3 Å². The normalized spacial score (nSPS) is 12.1. The van der Waals surface area contributed by atoms with Gasteiger partial charge >= 0.3 is 5.97 Å². The number of carbonyl (C=O) groups excluding carboxylic acids is 2. The largest absolute Gasteiger partial charge is 0.462 e. The molecule has 3 rings (SSSR count). The van der Waals surface area contributed by atoms with E-state index in [9.17, 15) is 22.8 Å². The molecule has 1 atom stereocenters. The lowest BCUT2D eigenvalue weighted by Crippen LogP contribution is -2.23. The Hall–Kier alpha value is -3.01. The third-order valence-corrected chi connectivity index (χ3v) is 5.58. The maximum Gasteiger partial charge on any atom is 0.338 e. The van der Waals surface area contributed by atoms with Gasteiger partial charge in [0.05, 0.1) is 34.1 Å². The molecular formula is C21H20F3N3O3S. The lowest BCUT2D eigenvalue weighted by Gasteiger charge is -2.13. The molecule has 2 aromatic carbocycles. The second-order valence-electron chi connectivity index (χ2n) is 6.53. The summed E-state index contributed by atoms with van der Waals surface area (Å²) in [6, 6.07) is 6.71. The standard InChI is InChI=1S/C21H20F3N3O3S/c1-4-27-16-9-6-12(20(29)30-5-2)10-15(16)26-21(27)31-11(3)19(28)25-14-8-7-13(22)17(23)18(14)24/h6-11H,4-5H2,1-3H3,(H,25,28). The highest BCUT2D eigenvalue weighted by Gasteiger charge is 2.22. The molecule has 1 N–H and O–H groups in total. The Morgan fingerprint density at radius 2 is 1.90 bits per heavy atom. The number of aryl methyl sites for hydroxylation is 1. The van der Waals surface area contributed by atoms with Gasteiger partial charge in [0.1, 0.15) is 0 Å². The smallest absolute Gasteiger partial charge is 0.338 e. The van der Waals surface area contributed by atoms with E-state index in [-0.39, 0.29) is 6.61 Å². The molecule has 10 heteroatoms. The number of ether oxygens (including phenoxy) is 1. The van der Waals surface area contributed by atoms with E-state index in [1.807, 2.05) is 11.5 Å². The highest BCUT2D eigenvalue weighted by atomic mass is 32.2. The Morgan fingerprint density at radius 3 is 2.58 bits per heavy atom. The molecule has 3 aromatic rings. The third kappa shape index (κ3) is 4.68. The predicted octanol–water partition coefficient (Wildman–Crippen LogP) is 4.77. The number of nitrogens with zero attached hydrogens (tertiary/aromatic N) is 2. The van der Waals surface area contributed by atoms with Gasteiger partial charge in [0.15, 0.2) is 22.6 Å². The molecule has 31 heavy (non-hydrogen) atoms. The molecule has 6 nitrogen and oxygen atoms in total. The number of hydrogen-bond donors (Lipinski definition) is 1. The van der Waals surface area contributed by atoms with Gasteiger partial charge in [-0.25, -0.2) is 22.9 Å². The molecule has 1 heterocycles. The minimum Gasteiger partial charge on any atom is -0.462 e. The van der Waals surface area contributed by atoms with Crippen molar-refractivity contribution >= 4 is 40.4 Å². The van der Waals surface area contributed by atoms with E-state index < -0.39 is 40.3 Å². The van der Waals surface area contributed by atoms with Crippen LogP contribution in [0.5, 0.6) is 0 Å². The molecule has 0 spiro atoms. The summed E-state index contributed by atoms with van der Waals surface area (Å²) in [5.41, 5.74) is 1.26. The molecule has 1 unspecified atom stereocenters. The number of nitrogens with one attached hydrogen (secondary N) is 1. The second-order valence-corrected chi connectivity index (χ2v) is 7.84. The zero-order chi connectivity index (χ0) is 22.7. The first-order valence-corrected chi connectivity index (χ1v) is 10.4. The van der Waals surface area contributed by atoms with Gasteiger partial charge in [-0.2, -0.15) is 0 Å². The monoisotopic (exact) mass is 451 g/mol.